The third-order valence-electron chi connectivity index (χ3n) is 3.87. The van der Waals surface area contributed by atoms with Gasteiger partial charge in [-0.05, 0) is 12.1 Å². The van der Waals surface area contributed by atoms with Gasteiger partial charge in [0, 0.05) is 45.2 Å². The number of carbonyl (C=O) groups is 1. The first-order chi connectivity index (χ1) is 10.7. The van der Waals surface area contributed by atoms with Gasteiger partial charge in [-0.25, -0.2) is 0 Å². The summed E-state index contributed by atoms with van der Waals surface area (Å²) in [6, 6.07) is 5.26. The van der Waals surface area contributed by atoms with Gasteiger partial charge in [-0.3, -0.25) is 9.69 Å². The molecule has 0 unspecified atom stereocenters. The Morgan fingerprint density at radius 2 is 1.95 bits per heavy atom. The molecule has 0 aromatic heterocycles. The largest absolute Gasteiger partial charge is 0.497 e. The Labute approximate surface area is 131 Å². The summed E-state index contributed by atoms with van der Waals surface area (Å²) < 4.78 is 10.5. The summed E-state index contributed by atoms with van der Waals surface area (Å²) in [6.45, 7) is 4.01. The van der Waals surface area contributed by atoms with E-state index in [1.54, 1.807) is 32.4 Å². The zero-order valence-corrected chi connectivity index (χ0v) is 13.2. The minimum atomic E-state index is -0.00361. The van der Waals surface area contributed by atoms with Crippen LogP contribution in [0.15, 0.2) is 18.2 Å². The second kappa shape index (κ2) is 7.71. The summed E-state index contributed by atoms with van der Waals surface area (Å²) in [4.78, 5) is 16.8. The number of nitrogens with zero attached hydrogens (tertiary/aromatic N) is 2. The van der Waals surface area contributed by atoms with Crippen LogP contribution in [0.1, 0.15) is 16.8 Å². The smallest absolute Gasteiger partial charge is 0.257 e. The lowest BCUT2D eigenvalue weighted by Gasteiger charge is -2.34. The molecule has 1 aromatic rings. The minimum absolute atomic E-state index is 0.00361. The van der Waals surface area contributed by atoms with E-state index in [-0.39, 0.29) is 5.91 Å². The average Bonchev–Trinajstić information content (AvgIpc) is 2.59. The van der Waals surface area contributed by atoms with Gasteiger partial charge in [0.25, 0.3) is 5.91 Å². The van der Waals surface area contributed by atoms with E-state index in [0.29, 0.717) is 30.2 Å². The summed E-state index contributed by atoms with van der Waals surface area (Å²) in [7, 11) is 3.15. The zero-order chi connectivity index (χ0) is 15.9. The predicted molar refractivity (Wildman–Crippen MR) is 85.3 cm³/mol. The fourth-order valence-corrected chi connectivity index (χ4v) is 2.54. The zero-order valence-electron chi connectivity index (χ0n) is 13.2. The molecule has 118 valence electrons. The van der Waals surface area contributed by atoms with Crippen molar-refractivity contribution in [2.75, 3.05) is 46.9 Å². The number of terminal acetylenes is 1. The Hall–Kier alpha value is -2.19. The van der Waals surface area contributed by atoms with E-state index >= 15 is 0 Å². The fraction of sp³-hybridized carbons (Fsp3) is 0.471. The van der Waals surface area contributed by atoms with Crippen LogP contribution in [0.4, 0.5) is 0 Å². The van der Waals surface area contributed by atoms with Gasteiger partial charge in [0.2, 0.25) is 0 Å². The van der Waals surface area contributed by atoms with Gasteiger partial charge in [0.15, 0.2) is 0 Å². The van der Waals surface area contributed by atoms with Gasteiger partial charge >= 0.3 is 0 Å². The Morgan fingerprint density at radius 1 is 1.23 bits per heavy atom. The average molecular weight is 302 g/mol. The van der Waals surface area contributed by atoms with Crippen molar-refractivity contribution in [3.63, 3.8) is 0 Å². The highest BCUT2D eigenvalue weighted by Crippen LogP contribution is 2.26. The molecule has 5 nitrogen and oxygen atoms in total. The summed E-state index contributed by atoms with van der Waals surface area (Å²) in [5.74, 6) is 3.86. The van der Waals surface area contributed by atoms with E-state index in [1.165, 1.54) is 0 Å². The van der Waals surface area contributed by atoms with E-state index < -0.39 is 0 Å². The van der Waals surface area contributed by atoms with Gasteiger partial charge in [0.05, 0.1) is 19.8 Å². The molecule has 0 atom stereocenters. The van der Waals surface area contributed by atoms with E-state index in [2.05, 4.69) is 10.8 Å². The predicted octanol–water partition coefficient (Wildman–Crippen LogP) is 1.48. The third kappa shape index (κ3) is 3.71. The van der Waals surface area contributed by atoms with Crippen LogP contribution in [0, 0.1) is 12.3 Å². The van der Waals surface area contributed by atoms with Crippen molar-refractivity contribution in [3.05, 3.63) is 23.8 Å². The van der Waals surface area contributed by atoms with Gasteiger partial charge in [-0.1, -0.05) is 0 Å². The maximum absolute atomic E-state index is 12.7. The van der Waals surface area contributed by atoms with Crippen molar-refractivity contribution in [1.82, 2.24) is 9.80 Å². The normalized spacial score (nSPS) is 15.2. The minimum Gasteiger partial charge on any atom is -0.497 e. The molecule has 1 aliphatic heterocycles. The monoisotopic (exact) mass is 302 g/mol. The van der Waals surface area contributed by atoms with Crippen molar-refractivity contribution in [2.24, 2.45) is 0 Å². The molecular weight excluding hydrogens is 280 g/mol. The quantitative estimate of drug-likeness (QED) is 0.773. The highest BCUT2D eigenvalue weighted by Gasteiger charge is 2.24. The Bertz CT molecular complexity index is 558. The lowest BCUT2D eigenvalue weighted by molar-refractivity contribution is 0.0636. The second-order valence-electron chi connectivity index (χ2n) is 5.15. The lowest BCUT2D eigenvalue weighted by atomic mass is 10.1. The number of ether oxygens (including phenoxy) is 2. The standard InChI is InChI=1S/C17H22N2O3/c1-4-5-8-18-9-11-19(12-10-18)17(20)15-7-6-14(21-2)13-16(15)22-3/h1,6-7,13H,5,8-12H2,2-3H3. The molecule has 0 spiro atoms. The Morgan fingerprint density at radius 3 is 2.55 bits per heavy atom. The molecule has 1 saturated heterocycles. The van der Waals surface area contributed by atoms with Crippen LogP contribution in [0.3, 0.4) is 0 Å². The van der Waals surface area contributed by atoms with Crippen LogP contribution in [0.25, 0.3) is 0 Å². The number of hydrogen-bond acceptors (Lipinski definition) is 4. The Kier molecular flexibility index (Phi) is 5.68. The van der Waals surface area contributed by atoms with E-state index in [9.17, 15) is 4.79 Å². The summed E-state index contributed by atoms with van der Waals surface area (Å²) >= 11 is 0. The topological polar surface area (TPSA) is 42.0 Å². The Balaban J connectivity index is 2.02. The van der Waals surface area contributed by atoms with Crippen LogP contribution in [-0.2, 0) is 0 Å². The number of hydrogen-bond donors (Lipinski definition) is 0. The molecule has 0 bridgehead atoms. The first-order valence-corrected chi connectivity index (χ1v) is 7.36. The highest BCUT2D eigenvalue weighted by molar-refractivity contribution is 5.97. The molecule has 22 heavy (non-hydrogen) atoms. The SMILES string of the molecule is C#CCCN1CCN(C(=O)c2ccc(OC)cc2OC)CC1. The second-order valence-corrected chi connectivity index (χ2v) is 5.15. The number of amides is 1. The van der Waals surface area contributed by atoms with E-state index in [4.69, 9.17) is 15.9 Å². The number of benzene rings is 1. The van der Waals surface area contributed by atoms with Crippen molar-refractivity contribution >= 4 is 5.91 Å². The summed E-state index contributed by atoms with van der Waals surface area (Å²) in [6.07, 6.45) is 6.04. The van der Waals surface area contributed by atoms with E-state index in [0.717, 1.165) is 26.1 Å². The van der Waals surface area contributed by atoms with Crippen LogP contribution in [0.5, 0.6) is 11.5 Å². The fourth-order valence-electron chi connectivity index (χ4n) is 2.54. The molecule has 0 saturated carbocycles. The number of piperazine rings is 1. The highest BCUT2D eigenvalue weighted by atomic mass is 16.5. The van der Waals surface area contributed by atoms with E-state index in [1.807, 2.05) is 4.90 Å². The molecule has 1 aromatic carbocycles. The third-order valence-corrected chi connectivity index (χ3v) is 3.87. The molecule has 1 amide bonds. The van der Waals surface area contributed by atoms with Gasteiger partial charge < -0.3 is 14.4 Å². The molecule has 1 heterocycles. The first-order valence-electron chi connectivity index (χ1n) is 7.36. The van der Waals surface area contributed by atoms with Crippen LogP contribution < -0.4 is 9.47 Å². The van der Waals surface area contributed by atoms with Crippen LogP contribution >= 0.6 is 0 Å². The molecule has 2 rings (SSSR count). The lowest BCUT2D eigenvalue weighted by Crippen LogP contribution is -2.48. The molecular formula is C17H22N2O3. The molecule has 0 radical (unpaired) electrons. The van der Waals surface area contributed by atoms with Crippen molar-refractivity contribution in [2.45, 2.75) is 6.42 Å². The molecule has 5 heteroatoms. The molecule has 1 aliphatic rings. The van der Waals surface area contributed by atoms with Crippen LogP contribution in [0.2, 0.25) is 0 Å². The van der Waals surface area contributed by atoms with Gasteiger partial charge in [-0.2, -0.15) is 0 Å². The van der Waals surface area contributed by atoms with Gasteiger partial charge in [0.1, 0.15) is 11.5 Å². The van der Waals surface area contributed by atoms with Crippen molar-refractivity contribution in [1.29, 1.82) is 0 Å². The molecule has 0 N–H and O–H groups in total. The summed E-state index contributed by atoms with van der Waals surface area (Å²) in [5, 5.41) is 0. The number of carbonyl (C=O) groups excluding carboxylic acids is 1. The maximum Gasteiger partial charge on any atom is 0.257 e. The number of rotatable bonds is 5. The van der Waals surface area contributed by atoms with Crippen LogP contribution in [-0.4, -0.2) is 62.7 Å². The van der Waals surface area contributed by atoms with Crippen molar-refractivity contribution in [3.8, 4) is 23.8 Å². The summed E-state index contributed by atoms with van der Waals surface area (Å²) in [5.41, 5.74) is 0.570. The first kappa shape index (κ1) is 16.2. The number of methoxy groups -OCH3 is 2. The molecule has 1 fully saturated rings. The van der Waals surface area contributed by atoms with Crippen molar-refractivity contribution < 1.29 is 14.3 Å². The molecule has 0 aliphatic carbocycles. The van der Waals surface area contributed by atoms with Gasteiger partial charge in [-0.15, -0.1) is 12.3 Å². The maximum atomic E-state index is 12.7.